The number of rotatable bonds is 2. The molecule has 22 heavy (non-hydrogen) atoms. The van der Waals surface area contributed by atoms with Crippen molar-refractivity contribution in [3.8, 4) is 6.07 Å². The molecule has 0 aliphatic rings. The minimum atomic E-state index is -0.759. The fourth-order valence-electron chi connectivity index (χ4n) is 2.05. The fraction of sp³-hybridized carbons (Fsp3) is 0. The van der Waals surface area contributed by atoms with Gasteiger partial charge in [-0.15, -0.1) is 0 Å². The number of nitrogens with one attached hydrogen (secondary N) is 1. The van der Waals surface area contributed by atoms with Crippen molar-refractivity contribution in [2.75, 3.05) is 5.32 Å². The predicted octanol–water partition coefficient (Wildman–Crippen LogP) is 4.69. The first kappa shape index (κ1) is 14.5. The zero-order chi connectivity index (χ0) is 15.7. The Morgan fingerprint density at radius 3 is 2.73 bits per heavy atom. The van der Waals surface area contributed by atoms with Crippen LogP contribution in [0.1, 0.15) is 5.56 Å². The maximum absolute atomic E-state index is 13.1. The van der Waals surface area contributed by atoms with E-state index in [0.717, 1.165) is 0 Å². The lowest BCUT2D eigenvalue weighted by molar-refractivity contribution is 0.584. The molecule has 1 aromatic carbocycles. The monoisotopic (exact) mass is 332 g/mol. The molecular weight excluding hydrogens is 326 g/mol. The van der Waals surface area contributed by atoms with Gasteiger partial charge in [-0.3, -0.25) is 0 Å². The maximum atomic E-state index is 13.1. The zero-order valence-corrected chi connectivity index (χ0v) is 12.5. The van der Waals surface area contributed by atoms with Crippen LogP contribution in [0.2, 0.25) is 10.2 Å². The van der Waals surface area contributed by atoms with Crippen LogP contribution in [0.5, 0.6) is 0 Å². The van der Waals surface area contributed by atoms with Gasteiger partial charge in [0.05, 0.1) is 28.1 Å². The molecule has 0 spiro atoms. The smallest absolute Gasteiger partial charge is 0.231 e. The van der Waals surface area contributed by atoms with Gasteiger partial charge in [0.2, 0.25) is 5.95 Å². The third kappa shape index (κ3) is 2.54. The van der Waals surface area contributed by atoms with E-state index in [1.165, 1.54) is 12.3 Å². The number of para-hydroxylation sites is 1. The van der Waals surface area contributed by atoms with Crippen molar-refractivity contribution >= 4 is 45.5 Å². The molecule has 2 aromatic heterocycles. The number of hydrogen-bond donors (Lipinski definition) is 1. The summed E-state index contributed by atoms with van der Waals surface area (Å²) in [5, 5.41) is 13.0. The second-order valence-corrected chi connectivity index (χ2v) is 5.17. The van der Waals surface area contributed by atoms with Gasteiger partial charge in [0.1, 0.15) is 16.8 Å². The second-order valence-electron chi connectivity index (χ2n) is 4.40. The Balaban J connectivity index is 2.20. The standard InChI is InChI=1S/C15H7Cl2FN4/c16-11-5-8(7-20-15(11)18)21-13-9-3-1-2-4-12(9)22-14(17)10(13)6-19/h1-5,7H,(H,21,22). The van der Waals surface area contributed by atoms with E-state index in [2.05, 4.69) is 15.3 Å². The molecule has 2 heterocycles. The average Bonchev–Trinajstić information content (AvgIpc) is 2.51. The third-order valence-electron chi connectivity index (χ3n) is 3.03. The number of halogens is 3. The second kappa shape index (κ2) is 5.76. The molecule has 108 valence electrons. The number of benzene rings is 1. The summed E-state index contributed by atoms with van der Waals surface area (Å²) >= 11 is 11.8. The van der Waals surface area contributed by atoms with E-state index >= 15 is 0 Å². The van der Waals surface area contributed by atoms with Crippen molar-refractivity contribution in [3.63, 3.8) is 0 Å². The van der Waals surface area contributed by atoms with Gasteiger partial charge in [-0.1, -0.05) is 41.4 Å². The molecule has 3 rings (SSSR count). The number of nitriles is 1. The Kier molecular flexibility index (Phi) is 3.80. The van der Waals surface area contributed by atoms with Crippen LogP contribution >= 0.6 is 23.2 Å². The number of pyridine rings is 2. The van der Waals surface area contributed by atoms with E-state index in [1.807, 2.05) is 18.2 Å². The highest BCUT2D eigenvalue weighted by atomic mass is 35.5. The van der Waals surface area contributed by atoms with E-state index in [-0.39, 0.29) is 15.7 Å². The number of aromatic nitrogens is 2. The van der Waals surface area contributed by atoms with Crippen LogP contribution in [0.4, 0.5) is 15.8 Å². The quantitative estimate of drug-likeness (QED) is 0.691. The Hall–Kier alpha value is -2.42. The van der Waals surface area contributed by atoms with E-state index in [1.54, 1.807) is 12.1 Å². The first-order valence-corrected chi connectivity index (χ1v) is 6.92. The highest BCUT2D eigenvalue weighted by Gasteiger charge is 2.14. The van der Waals surface area contributed by atoms with Crippen molar-refractivity contribution in [1.29, 1.82) is 5.26 Å². The summed E-state index contributed by atoms with van der Waals surface area (Å²) in [4.78, 5) is 7.72. The van der Waals surface area contributed by atoms with Gasteiger partial charge in [0.25, 0.3) is 0 Å². The van der Waals surface area contributed by atoms with Gasteiger partial charge in [-0.2, -0.15) is 9.65 Å². The molecule has 0 aliphatic carbocycles. The molecule has 1 N–H and O–H groups in total. The van der Waals surface area contributed by atoms with E-state index < -0.39 is 5.95 Å². The van der Waals surface area contributed by atoms with Crippen LogP contribution in [-0.4, -0.2) is 9.97 Å². The zero-order valence-electron chi connectivity index (χ0n) is 10.9. The van der Waals surface area contributed by atoms with Crippen molar-refractivity contribution in [2.45, 2.75) is 0 Å². The third-order valence-corrected chi connectivity index (χ3v) is 3.56. The molecule has 0 saturated carbocycles. The van der Waals surface area contributed by atoms with Crippen LogP contribution in [-0.2, 0) is 0 Å². The minimum absolute atomic E-state index is 0.0878. The first-order valence-electron chi connectivity index (χ1n) is 6.16. The number of hydrogen-bond acceptors (Lipinski definition) is 4. The Labute approximate surface area is 135 Å². The summed E-state index contributed by atoms with van der Waals surface area (Å²) in [5.74, 6) is -0.759. The van der Waals surface area contributed by atoms with E-state index in [4.69, 9.17) is 23.2 Å². The summed E-state index contributed by atoms with van der Waals surface area (Å²) in [6, 6.07) is 10.6. The molecule has 0 bridgehead atoms. The van der Waals surface area contributed by atoms with Crippen molar-refractivity contribution in [1.82, 2.24) is 9.97 Å². The summed E-state index contributed by atoms with van der Waals surface area (Å²) in [7, 11) is 0. The summed E-state index contributed by atoms with van der Waals surface area (Å²) in [6.07, 6.45) is 1.28. The van der Waals surface area contributed by atoms with Gasteiger partial charge in [0.15, 0.2) is 0 Å². The van der Waals surface area contributed by atoms with Crippen LogP contribution < -0.4 is 5.32 Å². The van der Waals surface area contributed by atoms with E-state index in [0.29, 0.717) is 22.3 Å². The molecule has 0 aliphatic heterocycles. The molecule has 0 saturated heterocycles. The normalized spacial score (nSPS) is 10.5. The van der Waals surface area contributed by atoms with Gasteiger partial charge >= 0.3 is 0 Å². The van der Waals surface area contributed by atoms with Crippen molar-refractivity contribution in [3.05, 3.63) is 58.2 Å². The molecular formula is C15H7Cl2FN4. The average molecular weight is 333 g/mol. The molecule has 7 heteroatoms. The minimum Gasteiger partial charge on any atom is -0.352 e. The number of fused-ring (bicyclic) bond motifs is 1. The maximum Gasteiger partial charge on any atom is 0.231 e. The lowest BCUT2D eigenvalue weighted by Crippen LogP contribution is -1.99. The number of anilines is 2. The molecule has 0 fully saturated rings. The van der Waals surface area contributed by atoms with Gasteiger partial charge in [-0.05, 0) is 12.1 Å². The Morgan fingerprint density at radius 1 is 1.23 bits per heavy atom. The van der Waals surface area contributed by atoms with Crippen LogP contribution in [0.25, 0.3) is 10.9 Å². The largest absolute Gasteiger partial charge is 0.352 e. The summed E-state index contributed by atoms with van der Waals surface area (Å²) in [5.41, 5.74) is 1.74. The first-order chi connectivity index (χ1) is 10.6. The lowest BCUT2D eigenvalue weighted by Gasteiger charge is -2.12. The molecule has 0 atom stereocenters. The van der Waals surface area contributed by atoms with Crippen LogP contribution in [0, 0.1) is 17.3 Å². The highest BCUT2D eigenvalue weighted by molar-refractivity contribution is 6.32. The highest BCUT2D eigenvalue weighted by Crippen LogP contribution is 2.33. The molecule has 0 unspecified atom stereocenters. The number of nitrogens with zero attached hydrogens (tertiary/aromatic N) is 3. The Morgan fingerprint density at radius 2 is 2.00 bits per heavy atom. The van der Waals surface area contributed by atoms with Gasteiger partial charge < -0.3 is 5.32 Å². The van der Waals surface area contributed by atoms with E-state index in [9.17, 15) is 9.65 Å². The predicted molar refractivity (Wildman–Crippen MR) is 84.0 cm³/mol. The van der Waals surface area contributed by atoms with Gasteiger partial charge in [0, 0.05) is 5.39 Å². The summed E-state index contributed by atoms with van der Waals surface area (Å²) in [6.45, 7) is 0. The SMILES string of the molecule is N#Cc1c(Cl)nc2ccccc2c1Nc1cnc(F)c(Cl)c1. The van der Waals surface area contributed by atoms with Crippen molar-refractivity contribution in [2.24, 2.45) is 0 Å². The fourth-order valence-corrected chi connectivity index (χ4v) is 2.44. The van der Waals surface area contributed by atoms with Crippen molar-refractivity contribution < 1.29 is 4.39 Å². The molecule has 0 amide bonds. The molecule has 4 nitrogen and oxygen atoms in total. The Bertz CT molecular complexity index is 921. The molecule has 0 radical (unpaired) electrons. The lowest BCUT2D eigenvalue weighted by atomic mass is 10.1. The molecule has 3 aromatic rings. The van der Waals surface area contributed by atoms with Crippen LogP contribution in [0.3, 0.4) is 0 Å². The van der Waals surface area contributed by atoms with Crippen LogP contribution in [0.15, 0.2) is 36.5 Å². The van der Waals surface area contributed by atoms with Gasteiger partial charge in [-0.25, -0.2) is 9.97 Å². The summed E-state index contributed by atoms with van der Waals surface area (Å²) < 4.78 is 13.1. The topological polar surface area (TPSA) is 61.6 Å².